The number of nitrogens with one attached hydrogen (secondary N) is 2. The van der Waals surface area contributed by atoms with E-state index in [-0.39, 0.29) is 140 Å². The average molecular weight is 1930 g/mol. The predicted molar refractivity (Wildman–Crippen MR) is 567 cm³/mol. The Morgan fingerprint density at radius 2 is 0.759 bits per heavy atom. The summed E-state index contributed by atoms with van der Waals surface area (Å²) in [6.07, 6.45) is 21.5. The number of aliphatic imine (C=N–C) groups is 1. The first kappa shape index (κ1) is 154. The molecule has 1 aliphatic rings. The van der Waals surface area contributed by atoms with Gasteiger partial charge in [-0.3, -0.25) is 9.79 Å². The van der Waals surface area contributed by atoms with Crippen LogP contribution in [0.1, 0.15) is 440 Å². The molecule has 133 heavy (non-hydrogen) atoms. The summed E-state index contributed by atoms with van der Waals surface area (Å²) in [4.78, 5) is 15.7. The van der Waals surface area contributed by atoms with Gasteiger partial charge in [0, 0.05) is 43.8 Å². The molecule has 1 heterocycles. The lowest BCUT2D eigenvalue weighted by molar-refractivity contribution is -0.127. The van der Waals surface area contributed by atoms with E-state index in [1.165, 1.54) is 50.6 Å². The van der Waals surface area contributed by atoms with E-state index in [1.54, 1.807) is 0 Å². The number of nitrogens with zero attached hydrogens (tertiary/aromatic N) is 1. The highest BCUT2D eigenvalue weighted by Crippen LogP contribution is 2.28. The molecule has 24 heteroatoms. The number of ether oxygens (including phenoxy) is 8. The van der Waals surface area contributed by atoms with Crippen LogP contribution in [0.15, 0.2) is 16.8 Å². The van der Waals surface area contributed by atoms with E-state index in [4.69, 9.17) is 78.7 Å². The molecule has 0 aliphatic carbocycles. The second-order valence-corrected chi connectivity index (χ2v) is 49.4. The summed E-state index contributed by atoms with van der Waals surface area (Å²) in [6.45, 7) is 97.7. The third-order valence-corrected chi connectivity index (χ3v) is 18.6. The van der Waals surface area contributed by atoms with Gasteiger partial charge in [0.1, 0.15) is 12.2 Å². The molecule has 814 valence electrons. The Bertz CT molecular complexity index is 2470. The van der Waals surface area contributed by atoms with Crippen molar-refractivity contribution in [2.24, 2.45) is 48.8 Å². The molecule has 0 aromatic rings. The summed E-state index contributed by atoms with van der Waals surface area (Å²) < 4.78 is 43.1. The number of hydrogen-bond donors (Lipinski definition) is 14. The van der Waals surface area contributed by atoms with Crippen LogP contribution in [0.5, 0.6) is 0 Å². The summed E-state index contributed by atoms with van der Waals surface area (Å²) in [7, 11) is 3.93. The van der Waals surface area contributed by atoms with Crippen molar-refractivity contribution in [2.45, 2.75) is 522 Å². The Morgan fingerprint density at radius 3 is 1.07 bits per heavy atom. The summed E-state index contributed by atoms with van der Waals surface area (Å²) in [6, 6.07) is 0. The Labute approximate surface area is 824 Å². The van der Waals surface area contributed by atoms with Crippen LogP contribution in [0.2, 0.25) is 0 Å². The third-order valence-electron chi connectivity index (χ3n) is 18.6. The molecule has 0 bridgehead atoms. The van der Waals surface area contributed by atoms with Gasteiger partial charge in [-0.25, -0.2) is 0 Å². The minimum atomic E-state index is -0.923. The molecule has 0 aromatic heterocycles. The summed E-state index contributed by atoms with van der Waals surface area (Å²) >= 11 is 0. The molecule has 0 aromatic carbocycles. The standard InChI is InChI=1S/C12H24O2.C11H19N.C11H24O4.C10H22O2.C9H20O4.C9H20O2.C8H19N.3C8H18O2.C8H18.C7H17NO/c1-5-6-7-10(13)11(14)8-9-12(2,3)4;1-11(2,3)8-4-6-10-7-5-9-12-10;1-5-9(12)6-14-7-10(13)8-15-11(2,3)4;1-9(2,3)8(11)7-12-10(4,5)6;1-8(2,3)13-7-9(4-10,5-11)6-12;1-5-8(6-10)7-11-9(2,3)4;1-8(2,3)6-5-7-9-4;1-8(2,3)5-4-7(10)6-9;1-5-7(9)6-10-8(2,3)4;1-5-7(6-9)10-8(2,3)4;1-5-6-7-8(2,3)4;1-7(2,3)9-6-5-8-4/h11,14H,5-9H2,1-4H3;7,9H,4-6,8H2,1-3H3;9-10,12-13H,5-8H2,1-4H3;8,11H,7H2,1-6H3;10-12H,4-7H2,1-3H3;8,10H,5-7H2,1-4H3;9H,5-7H2,1-4H3;7,9-10H,4-6H2,1-3H3;2*7,9H,5-6H2,1-4H3;5-7H2,1-4H3;8H,5-6H2,1-4H3. The quantitative estimate of drug-likeness (QED) is 0.0252. The number of rotatable bonds is 44. The minimum absolute atomic E-state index is 0.000000000000000444. The van der Waals surface area contributed by atoms with E-state index >= 15 is 0 Å². The Morgan fingerprint density at radius 1 is 0.383 bits per heavy atom. The monoisotopic (exact) mass is 1920 g/mol. The van der Waals surface area contributed by atoms with Gasteiger partial charge in [0.05, 0.1) is 161 Å². The lowest BCUT2D eigenvalue weighted by atomic mass is 9.88. The van der Waals surface area contributed by atoms with Gasteiger partial charge in [-0.05, 0) is 295 Å². The fourth-order valence-electron chi connectivity index (χ4n) is 9.25. The van der Waals surface area contributed by atoms with Gasteiger partial charge in [0.15, 0.2) is 5.78 Å². The van der Waals surface area contributed by atoms with E-state index in [0.29, 0.717) is 67.7 Å². The van der Waals surface area contributed by atoms with Crippen LogP contribution in [-0.4, -0.2) is 275 Å². The molecule has 0 saturated carbocycles. The molecule has 1 rings (SSSR count). The van der Waals surface area contributed by atoms with Crippen molar-refractivity contribution in [3.63, 3.8) is 0 Å². The number of aliphatic hydroxyl groups is 12. The molecule has 0 spiro atoms. The fraction of sp³-hybridized carbons (Fsp3) is 0.963. The number of carbonyl (C=O) groups is 1. The number of carbonyl (C=O) groups excluding carboxylic acids is 1. The number of allylic oxidation sites excluding steroid dienone is 2. The van der Waals surface area contributed by atoms with Crippen molar-refractivity contribution in [2.75, 3.05) is 120 Å². The van der Waals surface area contributed by atoms with Gasteiger partial charge < -0.3 is 110 Å². The highest BCUT2D eigenvalue weighted by atomic mass is 16.5. The second-order valence-electron chi connectivity index (χ2n) is 49.4. The van der Waals surface area contributed by atoms with Crippen LogP contribution in [0.3, 0.4) is 0 Å². The summed E-state index contributed by atoms with van der Waals surface area (Å²) in [5, 5.41) is 115. The van der Waals surface area contributed by atoms with Crippen molar-refractivity contribution in [3.8, 4) is 0 Å². The maximum absolute atomic E-state index is 11.4. The number of unbranched alkanes of at least 4 members (excludes halogenated alkanes) is 2. The number of Topliss-reactive ketones (excluding diaryl/α,β-unsaturated/α-hetero) is 1. The number of ketones is 1. The number of likely N-dealkylation sites (N-methyl/N-ethyl adjacent to an activating group) is 1. The topological polar surface area (TPSA) is 370 Å². The number of hydrogen-bond acceptors (Lipinski definition) is 24. The first-order chi connectivity index (χ1) is 59.9. The van der Waals surface area contributed by atoms with E-state index in [1.807, 2.05) is 186 Å². The maximum atomic E-state index is 11.4. The Balaban J connectivity index is -0.000000136. The first-order valence-corrected chi connectivity index (χ1v) is 50.8. The molecule has 8 unspecified atom stereocenters. The zero-order valence-electron chi connectivity index (χ0n) is 96.7. The zero-order chi connectivity index (χ0) is 107. The molecule has 0 amide bonds. The minimum Gasteiger partial charge on any atom is -0.396 e. The van der Waals surface area contributed by atoms with Crippen LogP contribution < -0.4 is 10.6 Å². The molecule has 8 atom stereocenters. The smallest absolute Gasteiger partial charge is 0.161 e. The van der Waals surface area contributed by atoms with Gasteiger partial charge >= 0.3 is 0 Å². The SMILES string of the molecule is CC(C)(C)CCC(O)CO.CC(C)(C)CCCC1=CCC=N1.CC(C)(C)OCC(CO)(CO)CO.CC(C)(C)OCC(O)C(C)(C)C.CCC(CO)COC(C)(C)C.CCC(CO)OC(C)(C)C.CCC(O)COC(C)(C)C.CCC(O)COCC(O)COC(C)(C)C.CCCCC(=O)C(O)CCC(C)(C)C.CCCCC(C)(C)C.CNCCCC(C)(C)C.CNCCOC(C)(C)C. The van der Waals surface area contributed by atoms with Gasteiger partial charge in [0.2, 0.25) is 0 Å². The predicted octanol–water partition coefficient (Wildman–Crippen LogP) is 21.8. The molecular weight excluding hydrogens is 1690 g/mol. The van der Waals surface area contributed by atoms with Crippen LogP contribution >= 0.6 is 0 Å². The summed E-state index contributed by atoms with van der Waals surface area (Å²) in [5.41, 5.74) is 1.20. The van der Waals surface area contributed by atoms with Crippen molar-refractivity contribution in [3.05, 3.63) is 11.8 Å². The van der Waals surface area contributed by atoms with Crippen molar-refractivity contribution >= 4 is 12.0 Å². The molecule has 1 aliphatic heterocycles. The van der Waals surface area contributed by atoms with Crippen molar-refractivity contribution in [1.29, 1.82) is 0 Å². The lowest BCUT2D eigenvalue weighted by Gasteiger charge is -2.31. The van der Waals surface area contributed by atoms with E-state index in [9.17, 15) is 25.2 Å². The summed E-state index contributed by atoms with van der Waals surface area (Å²) in [5.74, 6) is 0.310. The average Bonchev–Trinajstić information content (AvgIpc) is 0.965. The molecule has 0 radical (unpaired) electrons. The number of aliphatic hydroxyl groups excluding tert-OH is 12. The van der Waals surface area contributed by atoms with E-state index in [0.717, 1.165) is 77.5 Å². The molecule has 14 N–H and O–H groups in total. The zero-order valence-corrected chi connectivity index (χ0v) is 96.7. The van der Waals surface area contributed by atoms with Crippen molar-refractivity contribution < 1.29 is 104 Å². The van der Waals surface area contributed by atoms with Crippen LogP contribution in [-0.2, 0) is 42.7 Å². The second kappa shape index (κ2) is 83.6. The van der Waals surface area contributed by atoms with Gasteiger partial charge in [0.25, 0.3) is 0 Å². The van der Waals surface area contributed by atoms with Crippen molar-refractivity contribution in [1.82, 2.24) is 10.6 Å². The largest absolute Gasteiger partial charge is 0.396 e. The fourth-order valence-corrected chi connectivity index (χ4v) is 9.25. The highest BCUT2D eigenvalue weighted by Gasteiger charge is 2.31. The Kier molecular flexibility index (Phi) is 96.8. The van der Waals surface area contributed by atoms with Gasteiger partial charge in [-0.15, -0.1) is 0 Å². The van der Waals surface area contributed by atoms with Gasteiger partial charge in [-0.1, -0.05) is 192 Å². The first-order valence-electron chi connectivity index (χ1n) is 50.8. The highest BCUT2D eigenvalue weighted by molar-refractivity contribution is 5.82. The van der Waals surface area contributed by atoms with E-state index in [2.05, 4.69) is 167 Å². The maximum Gasteiger partial charge on any atom is 0.161 e. The van der Waals surface area contributed by atoms with Crippen LogP contribution in [0.4, 0.5) is 0 Å². The lowest BCUT2D eigenvalue weighted by Crippen LogP contribution is -2.41. The third kappa shape index (κ3) is 148. The molecule has 24 nitrogen and oxygen atoms in total. The molecular formula is C109H237N3O21. The van der Waals surface area contributed by atoms with Crippen LogP contribution in [0, 0.1) is 43.8 Å². The normalized spacial score (nSPS) is 14.7. The molecule has 0 saturated heterocycles. The van der Waals surface area contributed by atoms with Crippen LogP contribution in [0.25, 0.3) is 0 Å². The van der Waals surface area contributed by atoms with E-state index < -0.39 is 35.9 Å². The Hall–Kier alpha value is -1.80. The molecule has 0 fully saturated rings. The van der Waals surface area contributed by atoms with Gasteiger partial charge in [-0.2, -0.15) is 0 Å².